The summed E-state index contributed by atoms with van der Waals surface area (Å²) in [6.45, 7) is 4.57. The number of nitrogens with two attached hydrogens (primary N) is 1. The van der Waals surface area contributed by atoms with Gasteiger partial charge in [0.25, 0.3) is 0 Å². The minimum absolute atomic E-state index is 0.00847. The molecule has 0 spiro atoms. The molecule has 1 aliphatic heterocycles. The van der Waals surface area contributed by atoms with Gasteiger partial charge < -0.3 is 9.64 Å². The molecule has 1 aromatic heterocycles. The normalized spacial score (nSPS) is 23.6. The summed E-state index contributed by atoms with van der Waals surface area (Å²) < 4.78 is 5.77. The Balaban J connectivity index is 2.12. The number of morpholine rings is 1. The molecule has 0 radical (unpaired) electrons. The van der Waals surface area contributed by atoms with Crippen molar-refractivity contribution in [1.82, 2.24) is 15.3 Å². The topological polar surface area (TPSA) is 63.4 Å². The molecule has 1 fully saturated rings. The molecule has 2 atom stereocenters. The lowest BCUT2D eigenvalue weighted by Gasteiger charge is -2.34. The maximum atomic E-state index is 5.77. The molecule has 1 saturated heterocycles. The Morgan fingerprint density at radius 1 is 1.59 bits per heavy atom. The monoisotopic (exact) mass is 236 g/mol. The average Bonchev–Trinajstić information content (AvgIpc) is 2.33. The van der Waals surface area contributed by atoms with Crippen LogP contribution < -0.4 is 11.3 Å². The molecule has 2 heterocycles. The predicted molar refractivity (Wildman–Crippen MR) is 66.3 cm³/mol. The highest BCUT2D eigenvalue weighted by Crippen LogP contribution is 2.20. The molecule has 0 amide bonds. The molecule has 5 heteroatoms. The summed E-state index contributed by atoms with van der Waals surface area (Å²) >= 11 is 0. The molecule has 1 aliphatic rings. The van der Waals surface area contributed by atoms with Crippen LogP contribution in [0.15, 0.2) is 18.3 Å². The van der Waals surface area contributed by atoms with Crippen molar-refractivity contribution >= 4 is 0 Å². The maximum Gasteiger partial charge on any atom is 0.0910 e. The first kappa shape index (κ1) is 12.4. The van der Waals surface area contributed by atoms with Crippen LogP contribution in [0.4, 0.5) is 0 Å². The molecular weight excluding hydrogens is 216 g/mol. The zero-order chi connectivity index (χ0) is 12.3. The van der Waals surface area contributed by atoms with E-state index in [0.29, 0.717) is 0 Å². The van der Waals surface area contributed by atoms with Crippen LogP contribution in [-0.2, 0) is 4.74 Å². The lowest BCUT2D eigenvalue weighted by molar-refractivity contribution is -0.0393. The lowest BCUT2D eigenvalue weighted by atomic mass is 10.0. The SMILES string of the molecule is Cc1ccc(C(NN)C2CN(C)CCO2)cn1. The van der Waals surface area contributed by atoms with Crippen LogP contribution in [0.5, 0.6) is 0 Å². The Morgan fingerprint density at radius 2 is 2.41 bits per heavy atom. The second kappa shape index (κ2) is 5.55. The highest BCUT2D eigenvalue weighted by molar-refractivity contribution is 5.18. The summed E-state index contributed by atoms with van der Waals surface area (Å²) in [4.78, 5) is 6.55. The van der Waals surface area contributed by atoms with Gasteiger partial charge in [-0.2, -0.15) is 0 Å². The molecule has 5 nitrogen and oxygen atoms in total. The van der Waals surface area contributed by atoms with Crippen molar-refractivity contribution in [3.63, 3.8) is 0 Å². The highest BCUT2D eigenvalue weighted by atomic mass is 16.5. The number of hydrogen-bond donors (Lipinski definition) is 2. The van der Waals surface area contributed by atoms with Crippen molar-refractivity contribution in [2.24, 2.45) is 5.84 Å². The van der Waals surface area contributed by atoms with Gasteiger partial charge in [-0.1, -0.05) is 6.07 Å². The van der Waals surface area contributed by atoms with Crippen molar-refractivity contribution in [3.05, 3.63) is 29.6 Å². The standard InChI is InChI=1S/C12H20N4O/c1-9-3-4-10(7-14-9)12(15-13)11-8-16(2)5-6-17-11/h3-4,7,11-12,15H,5-6,8,13H2,1-2H3. The van der Waals surface area contributed by atoms with E-state index in [0.717, 1.165) is 31.0 Å². The van der Waals surface area contributed by atoms with E-state index in [-0.39, 0.29) is 12.1 Å². The second-order valence-electron chi connectivity index (χ2n) is 4.55. The Bertz CT molecular complexity index is 354. The average molecular weight is 236 g/mol. The Kier molecular flexibility index (Phi) is 4.06. The highest BCUT2D eigenvalue weighted by Gasteiger charge is 2.27. The number of hydrazine groups is 1. The first-order chi connectivity index (χ1) is 8.20. The van der Waals surface area contributed by atoms with Gasteiger partial charge >= 0.3 is 0 Å². The van der Waals surface area contributed by atoms with Crippen molar-refractivity contribution in [1.29, 1.82) is 0 Å². The third-order valence-corrected chi connectivity index (χ3v) is 3.14. The third-order valence-electron chi connectivity index (χ3n) is 3.14. The lowest BCUT2D eigenvalue weighted by Crippen LogP contribution is -2.48. The van der Waals surface area contributed by atoms with Gasteiger partial charge in [0.15, 0.2) is 0 Å². The van der Waals surface area contributed by atoms with Gasteiger partial charge in [0, 0.05) is 25.0 Å². The van der Waals surface area contributed by atoms with Crippen LogP contribution in [-0.4, -0.2) is 42.7 Å². The van der Waals surface area contributed by atoms with E-state index in [2.05, 4.69) is 22.4 Å². The largest absolute Gasteiger partial charge is 0.374 e. The molecule has 0 aliphatic carbocycles. The number of likely N-dealkylation sites (N-methyl/N-ethyl adjacent to an activating group) is 1. The minimum atomic E-state index is -0.00847. The zero-order valence-corrected chi connectivity index (χ0v) is 10.4. The van der Waals surface area contributed by atoms with Crippen molar-refractivity contribution in [2.45, 2.75) is 19.1 Å². The Hall–Kier alpha value is -1.01. The summed E-state index contributed by atoms with van der Waals surface area (Å²) in [5.74, 6) is 5.64. The van der Waals surface area contributed by atoms with Crippen molar-refractivity contribution in [2.75, 3.05) is 26.7 Å². The number of nitrogens with one attached hydrogen (secondary N) is 1. The number of aromatic nitrogens is 1. The van der Waals surface area contributed by atoms with Gasteiger partial charge in [0.1, 0.15) is 0 Å². The number of nitrogens with zero attached hydrogens (tertiary/aromatic N) is 2. The summed E-state index contributed by atoms with van der Waals surface area (Å²) in [6, 6.07) is 4.03. The van der Waals surface area contributed by atoms with Crippen LogP contribution in [0.2, 0.25) is 0 Å². The van der Waals surface area contributed by atoms with E-state index in [1.165, 1.54) is 0 Å². The predicted octanol–water partition coefficient (Wildman–Crippen LogP) is 0.225. The van der Waals surface area contributed by atoms with Gasteiger partial charge in [0.05, 0.1) is 18.8 Å². The molecule has 2 rings (SSSR count). The summed E-state index contributed by atoms with van der Waals surface area (Å²) in [5, 5.41) is 0. The number of pyridine rings is 1. The smallest absolute Gasteiger partial charge is 0.0910 e. The fourth-order valence-electron chi connectivity index (χ4n) is 2.09. The van der Waals surface area contributed by atoms with Gasteiger partial charge in [-0.05, 0) is 25.6 Å². The minimum Gasteiger partial charge on any atom is -0.374 e. The van der Waals surface area contributed by atoms with Gasteiger partial charge in [-0.3, -0.25) is 16.3 Å². The van der Waals surface area contributed by atoms with E-state index in [1.54, 1.807) is 0 Å². The molecule has 0 aromatic carbocycles. The summed E-state index contributed by atoms with van der Waals surface area (Å²) in [5.41, 5.74) is 4.91. The van der Waals surface area contributed by atoms with E-state index in [9.17, 15) is 0 Å². The first-order valence-corrected chi connectivity index (χ1v) is 5.89. The Labute approximate surface area is 102 Å². The fourth-order valence-corrected chi connectivity index (χ4v) is 2.09. The molecule has 94 valence electrons. The van der Waals surface area contributed by atoms with E-state index >= 15 is 0 Å². The van der Waals surface area contributed by atoms with Gasteiger partial charge in [-0.25, -0.2) is 0 Å². The number of hydrogen-bond acceptors (Lipinski definition) is 5. The van der Waals surface area contributed by atoms with Crippen LogP contribution >= 0.6 is 0 Å². The first-order valence-electron chi connectivity index (χ1n) is 5.89. The molecular formula is C12H20N4O. The molecule has 0 bridgehead atoms. The van der Waals surface area contributed by atoms with Crippen LogP contribution in [0.1, 0.15) is 17.3 Å². The third kappa shape index (κ3) is 3.01. The van der Waals surface area contributed by atoms with E-state index in [4.69, 9.17) is 10.6 Å². The molecule has 3 N–H and O–H groups in total. The van der Waals surface area contributed by atoms with Crippen molar-refractivity contribution < 1.29 is 4.74 Å². The fraction of sp³-hybridized carbons (Fsp3) is 0.583. The Morgan fingerprint density at radius 3 is 3.00 bits per heavy atom. The second-order valence-corrected chi connectivity index (χ2v) is 4.55. The number of ether oxygens (including phenoxy) is 1. The van der Waals surface area contributed by atoms with E-state index in [1.807, 2.05) is 25.3 Å². The van der Waals surface area contributed by atoms with E-state index < -0.39 is 0 Å². The van der Waals surface area contributed by atoms with Crippen LogP contribution in [0, 0.1) is 6.92 Å². The van der Waals surface area contributed by atoms with Gasteiger partial charge in [-0.15, -0.1) is 0 Å². The zero-order valence-electron chi connectivity index (χ0n) is 10.4. The summed E-state index contributed by atoms with van der Waals surface area (Å²) in [7, 11) is 2.09. The summed E-state index contributed by atoms with van der Waals surface area (Å²) in [6.07, 6.45) is 1.93. The molecule has 0 saturated carbocycles. The maximum absolute atomic E-state index is 5.77. The quantitative estimate of drug-likeness (QED) is 0.581. The van der Waals surface area contributed by atoms with Crippen LogP contribution in [0.25, 0.3) is 0 Å². The number of aryl methyl sites for hydroxylation is 1. The molecule has 17 heavy (non-hydrogen) atoms. The van der Waals surface area contributed by atoms with Crippen molar-refractivity contribution in [3.8, 4) is 0 Å². The van der Waals surface area contributed by atoms with Crippen LogP contribution in [0.3, 0.4) is 0 Å². The van der Waals surface area contributed by atoms with Gasteiger partial charge in [0.2, 0.25) is 0 Å². The molecule has 2 unspecified atom stereocenters. The number of rotatable bonds is 3. The molecule has 1 aromatic rings.